The lowest BCUT2D eigenvalue weighted by Crippen LogP contribution is -2.20. The fraction of sp³-hybridized carbons (Fsp3) is 0.778. The van der Waals surface area contributed by atoms with Crippen molar-refractivity contribution in [3.8, 4) is 0 Å². The third-order valence-corrected chi connectivity index (χ3v) is 2.66. The molecule has 5 heteroatoms. The molecule has 0 bridgehead atoms. The van der Waals surface area contributed by atoms with Crippen molar-refractivity contribution in [2.24, 2.45) is 0 Å². The molecule has 0 saturated carbocycles. The lowest BCUT2D eigenvalue weighted by molar-refractivity contribution is -0.00937. The molecule has 2 heterocycles. The first-order valence-corrected chi connectivity index (χ1v) is 5.17. The summed E-state index contributed by atoms with van der Waals surface area (Å²) in [6.45, 7) is 4.54. The Hall–Kier alpha value is -0.610. The highest BCUT2D eigenvalue weighted by molar-refractivity contribution is 6.20. The van der Waals surface area contributed by atoms with Gasteiger partial charge in [-0.3, -0.25) is 0 Å². The summed E-state index contributed by atoms with van der Waals surface area (Å²) in [7, 11) is 0. The average Bonchev–Trinajstić information content (AvgIpc) is 2.71. The third-order valence-electron chi connectivity index (χ3n) is 2.47. The summed E-state index contributed by atoms with van der Waals surface area (Å²) in [6.07, 6.45) is 1.95. The number of rotatable bonds is 2. The van der Waals surface area contributed by atoms with Gasteiger partial charge in [-0.1, -0.05) is 5.16 Å². The summed E-state index contributed by atoms with van der Waals surface area (Å²) in [6, 6.07) is 0. The van der Waals surface area contributed by atoms with Crippen molar-refractivity contribution in [1.29, 1.82) is 0 Å². The number of hydrogen-bond donors (Lipinski definition) is 0. The molecule has 0 radical (unpaired) electrons. The minimum atomic E-state index is -0.406. The molecule has 1 aromatic heterocycles. The van der Waals surface area contributed by atoms with E-state index in [1.54, 1.807) is 0 Å². The van der Waals surface area contributed by atoms with Crippen molar-refractivity contribution in [2.75, 3.05) is 6.61 Å². The summed E-state index contributed by atoms with van der Waals surface area (Å²) in [5, 5.41) is 3.58. The summed E-state index contributed by atoms with van der Waals surface area (Å²) in [5.41, 5.74) is -0.406. The first-order valence-electron chi connectivity index (χ1n) is 4.74. The maximum atomic E-state index is 5.84. The van der Waals surface area contributed by atoms with Gasteiger partial charge in [0.05, 0.1) is 5.38 Å². The van der Waals surface area contributed by atoms with E-state index < -0.39 is 5.60 Å². The molecule has 2 rings (SSSR count). The quantitative estimate of drug-likeness (QED) is 0.713. The molecule has 2 atom stereocenters. The maximum Gasteiger partial charge on any atom is 0.258 e. The van der Waals surface area contributed by atoms with Gasteiger partial charge in [0.2, 0.25) is 0 Å². The third kappa shape index (κ3) is 1.64. The SMILES string of the molecule is CC(Cl)c1noc(C2(C)CCCO2)n1. The molecule has 14 heavy (non-hydrogen) atoms. The number of alkyl halides is 1. The van der Waals surface area contributed by atoms with E-state index >= 15 is 0 Å². The molecule has 1 aromatic rings. The normalized spacial score (nSPS) is 29.4. The van der Waals surface area contributed by atoms with Gasteiger partial charge >= 0.3 is 0 Å². The van der Waals surface area contributed by atoms with Crippen LogP contribution in [-0.4, -0.2) is 16.7 Å². The predicted molar refractivity (Wildman–Crippen MR) is 51.1 cm³/mol. The van der Waals surface area contributed by atoms with Gasteiger partial charge in [0, 0.05) is 6.61 Å². The molecule has 4 nitrogen and oxygen atoms in total. The van der Waals surface area contributed by atoms with E-state index in [-0.39, 0.29) is 5.38 Å². The highest BCUT2D eigenvalue weighted by Gasteiger charge is 2.37. The van der Waals surface area contributed by atoms with Gasteiger partial charge < -0.3 is 9.26 Å². The van der Waals surface area contributed by atoms with Crippen LogP contribution in [0.25, 0.3) is 0 Å². The Morgan fingerprint density at radius 1 is 1.57 bits per heavy atom. The zero-order chi connectivity index (χ0) is 10.2. The lowest BCUT2D eigenvalue weighted by atomic mass is 10.0. The molecule has 2 unspecified atom stereocenters. The van der Waals surface area contributed by atoms with Gasteiger partial charge in [-0.25, -0.2) is 0 Å². The van der Waals surface area contributed by atoms with Crippen molar-refractivity contribution in [1.82, 2.24) is 10.1 Å². The highest BCUT2D eigenvalue weighted by atomic mass is 35.5. The van der Waals surface area contributed by atoms with Gasteiger partial charge in [0.15, 0.2) is 5.82 Å². The second-order valence-corrected chi connectivity index (χ2v) is 4.41. The van der Waals surface area contributed by atoms with E-state index in [4.69, 9.17) is 20.9 Å². The highest BCUT2D eigenvalue weighted by Crippen LogP contribution is 2.35. The molecule has 0 aromatic carbocycles. The Morgan fingerprint density at radius 2 is 2.36 bits per heavy atom. The van der Waals surface area contributed by atoms with Gasteiger partial charge in [-0.15, -0.1) is 11.6 Å². The number of ether oxygens (including phenoxy) is 1. The van der Waals surface area contributed by atoms with E-state index in [2.05, 4.69) is 10.1 Å². The van der Waals surface area contributed by atoms with Crippen LogP contribution in [0.15, 0.2) is 4.52 Å². The number of nitrogens with zero attached hydrogens (tertiary/aromatic N) is 2. The summed E-state index contributed by atoms with van der Waals surface area (Å²) >= 11 is 5.84. The smallest absolute Gasteiger partial charge is 0.258 e. The largest absolute Gasteiger partial charge is 0.365 e. The van der Waals surface area contributed by atoms with Crippen LogP contribution in [0.1, 0.15) is 43.8 Å². The second-order valence-electron chi connectivity index (χ2n) is 3.76. The Morgan fingerprint density at radius 3 is 2.86 bits per heavy atom. The molecular weight excluding hydrogens is 204 g/mol. The van der Waals surface area contributed by atoms with E-state index in [0.29, 0.717) is 11.7 Å². The van der Waals surface area contributed by atoms with Crippen LogP contribution in [0.3, 0.4) is 0 Å². The molecule has 1 aliphatic rings. The molecule has 0 N–H and O–H groups in total. The summed E-state index contributed by atoms with van der Waals surface area (Å²) < 4.78 is 10.7. The number of hydrogen-bond acceptors (Lipinski definition) is 4. The van der Waals surface area contributed by atoms with E-state index in [1.165, 1.54) is 0 Å². The molecule has 0 spiro atoms. The first kappa shape index (κ1) is 9.93. The van der Waals surface area contributed by atoms with Crippen LogP contribution in [0, 0.1) is 0 Å². The minimum absolute atomic E-state index is 0.225. The molecule has 1 aliphatic heterocycles. The minimum Gasteiger partial charge on any atom is -0.365 e. The van der Waals surface area contributed by atoms with Crippen molar-refractivity contribution in [2.45, 2.75) is 37.7 Å². The molecule has 1 saturated heterocycles. The van der Waals surface area contributed by atoms with Crippen molar-refractivity contribution >= 4 is 11.6 Å². The van der Waals surface area contributed by atoms with Crippen molar-refractivity contribution < 1.29 is 9.26 Å². The van der Waals surface area contributed by atoms with Gasteiger partial charge in [-0.2, -0.15) is 4.98 Å². The standard InChI is InChI=1S/C9H13ClN2O2/c1-6(10)7-11-8(14-12-7)9(2)4-3-5-13-9/h6H,3-5H2,1-2H3. The number of aromatic nitrogens is 2. The zero-order valence-electron chi connectivity index (χ0n) is 8.29. The Balaban J connectivity index is 2.23. The Labute approximate surface area is 87.6 Å². The molecule has 78 valence electrons. The molecule has 1 fully saturated rings. The fourth-order valence-electron chi connectivity index (χ4n) is 1.56. The van der Waals surface area contributed by atoms with E-state index in [0.717, 1.165) is 19.4 Å². The first-order chi connectivity index (χ1) is 6.62. The Bertz CT molecular complexity index is 318. The fourth-order valence-corrected chi connectivity index (χ4v) is 1.65. The number of halogens is 1. The van der Waals surface area contributed by atoms with Crippen LogP contribution in [-0.2, 0) is 10.3 Å². The molecular formula is C9H13ClN2O2. The van der Waals surface area contributed by atoms with Gasteiger partial charge in [0.25, 0.3) is 5.89 Å². The topological polar surface area (TPSA) is 48.2 Å². The van der Waals surface area contributed by atoms with E-state index in [9.17, 15) is 0 Å². The zero-order valence-corrected chi connectivity index (χ0v) is 9.04. The van der Waals surface area contributed by atoms with Crippen LogP contribution >= 0.6 is 11.6 Å². The monoisotopic (exact) mass is 216 g/mol. The second kappa shape index (κ2) is 3.51. The summed E-state index contributed by atoms with van der Waals surface area (Å²) in [5.74, 6) is 1.07. The van der Waals surface area contributed by atoms with Crippen LogP contribution < -0.4 is 0 Å². The van der Waals surface area contributed by atoms with Gasteiger partial charge in [0.1, 0.15) is 5.60 Å². The predicted octanol–water partition coefficient (Wildman–Crippen LogP) is 2.40. The van der Waals surface area contributed by atoms with Crippen LogP contribution in [0.2, 0.25) is 0 Å². The van der Waals surface area contributed by atoms with Gasteiger partial charge in [-0.05, 0) is 26.7 Å². The van der Waals surface area contributed by atoms with E-state index in [1.807, 2.05) is 13.8 Å². The van der Waals surface area contributed by atoms with Crippen molar-refractivity contribution in [3.05, 3.63) is 11.7 Å². The molecule has 0 amide bonds. The summed E-state index contributed by atoms with van der Waals surface area (Å²) in [4.78, 5) is 4.23. The molecule has 0 aliphatic carbocycles. The lowest BCUT2D eigenvalue weighted by Gasteiger charge is -2.16. The van der Waals surface area contributed by atoms with Crippen molar-refractivity contribution in [3.63, 3.8) is 0 Å². The van der Waals surface area contributed by atoms with Crippen LogP contribution in [0.4, 0.5) is 0 Å². The Kier molecular flexibility index (Phi) is 2.49. The van der Waals surface area contributed by atoms with Crippen LogP contribution in [0.5, 0.6) is 0 Å². The average molecular weight is 217 g/mol. The maximum absolute atomic E-state index is 5.84.